The van der Waals surface area contributed by atoms with Crippen LogP contribution >= 0.6 is 0 Å². The van der Waals surface area contributed by atoms with Gasteiger partial charge in [0.1, 0.15) is 0 Å². The van der Waals surface area contributed by atoms with Crippen LogP contribution in [0.1, 0.15) is 21.5 Å². The fraction of sp³-hybridized carbons (Fsp3) is 0.188. The zero-order chi connectivity index (χ0) is 13.2. The zero-order valence-corrected chi connectivity index (χ0v) is 10.5. The van der Waals surface area contributed by atoms with Gasteiger partial charge in [0.05, 0.1) is 5.56 Å². The van der Waals surface area contributed by atoms with Gasteiger partial charge in [-0.3, -0.25) is 0 Å². The second-order valence-corrected chi connectivity index (χ2v) is 4.90. The molecule has 0 saturated carbocycles. The predicted molar refractivity (Wildman–Crippen MR) is 74.7 cm³/mol. The van der Waals surface area contributed by atoms with Crippen molar-refractivity contribution in [1.82, 2.24) is 0 Å². The van der Waals surface area contributed by atoms with Gasteiger partial charge >= 0.3 is 5.97 Å². The minimum atomic E-state index is -0.890. The number of rotatable bonds is 3. The van der Waals surface area contributed by atoms with Gasteiger partial charge in [0, 0.05) is 11.7 Å². The molecule has 2 aromatic rings. The molecule has 3 heteroatoms. The predicted octanol–water partition coefficient (Wildman–Crippen LogP) is 2.96. The van der Waals surface area contributed by atoms with E-state index in [1.807, 2.05) is 6.07 Å². The molecule has 0 radical (unpaired) electrons. The molecule has 0 spiro atoms. The molecule has 1 aliphatic carbocycles. The number of fused-ring (bicyclic) bond motifs is 1. The maximum Gasteiger partial charge on any atom is 0.335 e. The van der Waals surface area contributed by atoms with Gasteiger partial charge in [0.25, 0.3) is 0 Å². The summed E-state index contributed by atoms with van der Waals surface area (Å²) in [5, 5.41) is 12.4. The van der Waals surface area contributed by atoms with Crippen LogP contribution in [-0.4, -0.2) is 17.1 Å². The van der Waals surface area contributed by atoms with Crippen molar-refractivity contribution < 1.29 is 9.90 Å². The number of nitrogens with one attached hydrogen (secondary N) is 1. The molecule has 0 heterocycles. The molecule has 0 atom stereocenters. The summed E-state index contributed by atoms with van der Waals surface area (Å²) in [6.45, 7) is 0. The van der Waals surface area contributed by atoms with Crippen LogP contribution in [0, 0.1) is 0 Å². The minimum absolute atomic E-state index is 0.320. The van der Waals surface area contributed by atoms with Crippen LogP contribution in [0.25, 0.3) is 0 Å². The molecule has 0 fully saturated rings. The zero-order valence-electron chi connectivity index (χ0n) is 10.5. The second-order valence-electron chi connectivity index (χ2n) is 4.90. The third-order valence-electron chi connectivity index (χ3n) is 3.53. The van der Waals surface area contributed by atoms with E-state index in [0.717, 1.165) is 18.5 Å². The Hall–Kier alpha value is -2.29. The minimum Gasteiger partial charge on any atom is -0.478 e. The monoisotopic (exact) mass is 253 g/mol. The third kappa shape index (κ3) is 2.45. The fourth-order valence-electron chi connectivity index (χ4n) is 2.64. The second kappa shape index (κ2) is 4.76. The summed E-state index contributed by atoms with van der Waals surface area (Å²) in [6.07, 6.45) is 1.99. The lowest BCUT2D eigenvalue weighted by Gasteiger charge is -2.13. The summed E-state index contributed by atoms with van der Waals surface area (Å²) in [4.78, 5) is 10.9. The normalized spacial score (nSPS) is 14.1. The number of carboxylic acid groups (broad SMARTS) is 1. The van der Waals surface area contributed by atoms with Crippen LogP contribution in [0.3, 0.4) is 0 Å². The van der Waals surface area contributed by atoms with Crippen LogP contribution in [0.5, 0.6) is 0 Å². The van der Waals surface area contributed by atoms with Gasteiger partial charge in [0.15, 0.2) is 0 Å². The molecule has 19 heavy (non-hydrogen) atoms. The van der Waals surface area contributed by atoms with Crippen LogP contribution in [0.4, 0.5) is 5.69 Å². The molecule has 0 unspecified atom stereocenters. The average Bonchev–Trinajstić information content (AvgIpc) is 2.81. The maximum absolute atomic E-state index is 10.9. The van der Waals surface area contributed by atoms with Crippen LogP contribution in [-0.2, 0) is 12.8 Å². The standard InChI is InChI=1S/C16H15NO2/c18-16(19)13-6-3-7-14(10-13)17-15-8-11-4-1-2-5-12(11)9-15/h1-7,10,15,17H,8-9H2,(H,18,19). The summed E-state index contributed by atoms with van der Waals surface area (Å²) in [6, 6.07) is 15.8. The highest BCUT2D eigenvalue weighted by Crippen LogP contribution is 2.24. The molecule has 0 aliphatic heterocycles. The lowest BCUT2D eigenvalue weighted by atomic mass is 10.1. The Morgan fingerprint density at radius 2 is 1.74 bits per heavy atom. The van der Waals surface area contributed by atoms with E-state index in [0.29, 0.717) is 11.6 Å². The fourth-order valence-corrected chi connectivity index (χ4v) is 2.64. The van der Waals surface area contributed by atoms with Crippen molar-refractivity contribution in [2.24, 2.45) is 0 Å². The highest BCUT2D eigenvalue weighted by atomic mass is 16.4. The van der Waals surface area contributed by atoms with Gasteiger partial charge < -0.3 is 10.4 Å². The maximum atomic E-state index is 10.9. The molecule has 3 nitrogen and oxygen atoms in total. The van der Waals surface area contributed by atoms with E-state index >= 15 is 0 Å². The van der Waals surface area contributed by atoms with E-state index in [2.05, 4.69) is 29.6 Å². The summed E-state index contributed by atoms with van der Waals surface area (Å²) in [7, 11) is 0. The van der Waals surface area contributed by atoms with Crippen LogP contribution in [0.15, 0.2) is 48.5 Å². The van der Waals surface area contributed by atoms with Crippen LogP contribution < -0.4 is 5.32 Å². The third-order valence-corrected chi connectivity index (χ3v) is 3.53. The SMILES string of the molecule is O=C(O)c1cccc(NC2Cc3ccccc3C2)c1. The first kappa shape index (κ1) is 11.8. The molecule has 96 valence electrons. The highest BCUT2D eigenvalue weighted by molar-refractivity contribution is 5.88. The topological polar surface area (TPSA) is 49.3 Å². The first-order valence-corrected chi connectivity index (χ1v) is 6.39. The molecule has 1 aliphatic rings. The molecule has 0 saturated heterocycles. The van der Waals surface area contributed by atoms with Crippen molar-refractivity contribution in [1.29, 1.82) is 0 Å². The molecule has 2 aromatic carbocycles. The Balaban J connectivity index is 1.74. The van der Waals surface area contributed by atoms with Gasteiger partial charge in [-0.25, -0.2) is 4.79 Å². The molecular weight excluding hydrogens is 238 g/mol. The molecule has 2 N–H and O–H groups in total. The van der Waals surface area contributed by atoms with E-state index in [1.165, 1.54) is 11.1 Å². The van der Waals surface area contributed by atoms with E-state index in [1.54, 1.807) is 18.2 Å². The molecule has 0 aromatic heterocycles. The van der Waals surface area contributed by atoms with Gasteiger partial charge in [0.2, 0.25) is 0 Å². The number of benzene rings is 2. The first-order valence-electron chi connectivity index (χ1n) is 6.39. The van der Waals surface area contributed by atoms with Gasteiger partial charge in [-0.2, -0.15) is 0 Å². The van der Waals surface area contributed by atoms with Gasteiger partial charge in [-0.15, -0.1) is 0 Å². The quantitative estimate of drug-likeness (QED) is 0.884. The van der Waals surface area contributed by atoms with Crippen molar-refractivity contribution in [2.45, 2.75) is 18.9 Å². The van der Waals surface area contributed by atoms with Crippen molar-refractivity contribution >= 4 is 11.7 Å². The molecular formula is C16H15NO2. The van der Waals surface area contributed by atoms with Crippen molar-refractivity contribution in [3.63, 3.8) is 0 Å². The van der Waals surface area contributed by atoms with Crippen LogP contribution in [0.2, 0.25) is 0 Å². The van der Waals surface area contributed by atoms with Gasteiger partial charge in [-0.05, 0) is 42.2 Å². The van der Waals surface area contributed by atoms with E-state index in [-0.39, 0.29) is 0 Å². The smallest absolute Gasteiger partial charge is 0.335 e. The number of carboxylic acids is 1. The average molecular weight is 253 g/mol. The summed E-state index contributed by atoms with van der Waals surface area (Å²) in [5.74, 6) is -0.890. The number of anilines is 1. The van der Waals surface area contributed by atoms with Crippen molar-refractivity contribution in [2.75, 3.05) is 5.32 Å². The van der Waals surface area contributed by atoms with E-state index < -0.39 is 5.97 Å². The lowest BCUT2D eigenvalue weighted by molar-refractivity contribution is 0.0697. The molecule has 0 amide bonds. The van der Waals surface area contributed by atoms with E-state index in [4.69, 9.17) is 5.11 Å². The van der Waals surface area contributed by atoms with E-state index in [9.17, 15) is 4.79 Å². The largest absolute Gasteiger partial charge is 0.478 e. The Bertz CT molecular complexity index is 597. The summed E-state index contributed by atoms with van der Waals surface area (Å²) < 4.78 is 0. The summed E-state index contributed by atoms with van der Waals surface area (Å²) >= 11 is 0. The lowest BCUT2D eigenvalue weighted by Crippen LogP contribution is -2.19. The highest BCUT2D eigenvalue weighted by Gasteiger charge is 2.20. The number of carbonyl (C=O) groups is 1. The number of hydrogen-bond donors (Lipinski definition) is 2. The van der Waals surface area contributed by atoms with Crippen molar-refractivity contribution in [3.05, 3.63) is 65.2 Å². The Morgan fingerprint density at radius 1 is 1.05 bits per heavy atom. The Morgan fingerprint density at radius 3 is 2.37 bits per heavy atom. The molecule has 3 rings (SSSR count). The Labute approximate surface area is 111 Å². The summed E-state index contributed by atoms with van der Waals surface area (Å²) in [5.41, 5.74) is 3.96. The van der Waals surface area contributed by atoms with Gasteiger partial charge in [-0.1, -0.05) is 30.3 Å². The number of hydrogen-bond acceptors (Lipinski definition) is 2. The molecule has 0 bridgehead atoms. The van der Waals surface area contributed by atoms with Crippen molar-refractivity contribution in [3.8, 4) is 0 Å². The number of aromatic carboxylic acids is 1. The Kier molecular flexibility index (Phi) is 2.95. The first-order chi connectivity index (χ1) is 9.22.